The molecule has 0 radical (unpaired) electrons. The third kappa shape index (κ3) is 7.49. The highest BCUT2D eigenvalue weighted by Gasteiger charge is 2.36. The van der Waals surface area contributed by atoms with Crippen LogP contribution >= 0.6 is 0 Å². The summed E-state index contributed by atoms with van der Waals surface area (Å²) in [6.07, 6.45) is -0.297. The Bertz CT molecular complexity index is 1400. The molecule has 0 unspecified atom stereocenters. The second kappa shape index (κ2) is 11.0. The molecule has 2 heterocycles. The van der Waals surface area contributed by atoms with Gasteiger partial charge in [0.25, 0.3) is 0 Å². The average Bonchev–Trinajstić information content (AvgIpc) is 3.43. The normalized spacial score (nSPS) is 19.9. The number of benzene rings is 1. The summed E-state index contributed by atoms with van der Waals surface area (Å²) in [4.78, 5) is 21.2. The number of anilines is 1. The molecule has 0 saturated heterocycles. The second-order valence-corrected chi connectivity index (χ2v) is 9.98. The summed E-state index contributed by atoms with van der Waals surface area (Å²) in [5, 5.41) is 7.74. The largest absolute Gasteiger partial charge is 0.573 e. The molecule has 1 fully saturated rings. The van der Waals surface area contributed by atoms with E-state index in [1.165, 1.54) is 43.0 Å². The number of alkyl halides is 4. The van der Waals surface area contributed by atoms with Crippen LogP contribution in [0.25, 0.3) is 0 Å². The Morgan fingerprint density at radius 3 is 2.76 bits per heavy atom. The molecule has 0 bridgehead atoms. The molecule has 4 rings (SSSR count). The molecule has 10 nitrogen and oxygen atoms in total. The lowest BCUT2D eigenvalue weighted by molar-refractivity contribution is -0.274. The van der Waals surface area contributed by atoms with E-state index in [0.29, 0.717) is 5.56 Å². The number of nitrogens with two attached hydrogens (primary N) is 1. The van der Waals surface area contributed by atoms with Gasteiger partial charge in [-0.05, 0) is 42.5 Å². The molecule has 15 heteroatoms. The molecule has 3 aromatic rings. The first kappa shape index (κ1) is 27.5. The van der Waals surface area contributed by atoms with Gasteiger partial charge in [-0.2, -0.15) is 8.42 Å². The number of ether oxygens (including phenoxy) is 1. The summed E-state index contributed by atoms with van der Waals surface area (Å²) < 4.78 is 84.3. The maximum Gasteiger partial charge on any atom is 0.573 e. The molecule has 0 aliphatic heterocycles. The average molecular weight is 558 g/mol. The van der Waals surface area contributed by atoms with Gasteiger partial charge < -0.3 is 14.6 Å². The van der Waals surface area contributed by atoms with Gasteiger partial charge in [-0.1, -0.05) is 12.1 Å². The van der Waals surface area contributed by atoms with Crippen molar-refractivity contribution in [3.8, 4) is 5.75 Å². The summed E-state index contributed by atoms with van der Waals surface area (Å²) in [6.45, 7) is -0.0853. The van der Waals surface area contributed by atoms with E-state index in [-0.39, 0.29) is 48.7 Å². The van der Waals surface area contributed by atoms with Crippen LogP contribution < -0.4 is 15.2 Å². The lowest BCUT2D eigenvalue weighted by Gasteiger charge is -2.17. The van der Waals surface area contributed by atoms with Gasteiger partial charge in [-0.3, -0.25) is 8.98 Å². The highest BCUT2D eigenvalue weighted by molar-refractivity contribution is 7.84. The van der Waals surface area contributed by atoms with E-state index in [4.69, 9.17) is 5.14 Å². The van der Waals surface area contributed by atoms with Crippen molar-refractivity contribution in [1.82, 2.24) is 14.5 Å². The van der Waals surface area contributed by atoms with Crippen molar-refractivity contribution in [2.45, 2.75) is 38.0 Å². The number of nitrogens with zero attached hydrogens (tertiary/aromatic N) is 3. The van der Waals surface area contributed by atoms with Crippen LogP contribution in [0.3, 0.4) is 0 Å². The number of hydrogen-bond acceptors (Lipinski definition) is 8. The lowest BCUT2D eigenvalue weighted by Crippen LogP contribution is -2.27. The van der Waals surface area contributed by atoms with E-state index in [2.05, 4.69) is 24.2 Å². The predicted octanol–water partition coefficient (Wildman–Crippen LogP) is 3.20. The Labute approximate surface area is 215 Å². The predicted molar refractivity (Wildman–Crippen MR) is 126 cm³/mol. The molecule has 1 saturated carbocycles. The minimum atomic E-state index is -4.81. The summed E-state index contributed by atoms with van der Waals surface area (Å²) in [5.41, 5.74) is 0.860. The molecule has 1 aromatic carbocycles. The van der Waals surface area contributed by atoms with Gasteiger partial charge >= 0.3 is 16.7 Å². The van der Waals surface area contributed by atoms with Crippen molar-refractivity contribution in [1.29, 1.82) is 0 Å². The van der Waals surface area contributed by atoms with Crippen LogP contribution in [0, 0.1) is 5.92 Å². The molecule has 3 atom stereocenters. The minimum Gasteiger partial charge on any atom is -0.406 e. The maximum absolute atomic E-state index is 14.6. The quantitative estimate of drug-likeness (QED) is 0.286. The number of aromatic nitrogens is 3. The topological polar surface area (TPSA) is 138 Å². The zero-order chi connectivity index (χ0) is 27.5. The number of carbonyl (C=O) groups excluding carboxylic acids is 1. The molecular formula is C23H23F4N5O5S. The van der Waals surface area contributed by atoms with E-state index in [0.717, 1.165) is 0 Å². The molecule has 1 aliphatic carbocycles. The van der Waals surface area contributed by atoms with E-state index in [1.54, 1.807) is 16.8 Å². The van der Waals surface area contributed by atoms with Crippen molar-refractivity contribution < 1.29 is 39.7 Å². The van der Waals surface area contributed by atoms with Crippen LogP contribution in [-0.4, -0.2) is 53.9 Å². The van der Waals surface area contributed by atoms with Crippen molar-refractivity contribution in [3.05, 3.63) is 71.9 Å². The number of ketones is 1. The van der Waals surface area contributed by atoms with Crippen LogP contribution in [0.5, 0.6) is 5.75 Å². The number of hydrogen-bond donors (Lipinski definition) is 2. The van der Waals surface area contributed by atoms with Crippen LogP contribution in [0.1, 0.15) is 34.3 Å². The van der Waals surface area contributed by atoms with Crippen LogP contribution in [0.2, 0.25) is 0 Å². The van der Waals surface area contributed by atoms with Gasteiger partial charge in [0.1, 0.15) is 24.1 Å². The van der Waals surface area contributed by atoms with E-state index >= 15 is 0 Å². The number of rotatable bonds is 10. The molecule has 3 N–H and O–H groups in total. The van der Waals surface area contributed by atoms with Crippen LogP contribution in [-0.2, 0) is 21.0 Å². The maximum atomic E-state index is 14.6. The number of carbonyl (C=O) groups is 1. The minimum absolute atomic E-state index is 0.0413. The zero-order valence-corrected chi connectivity index (χ0v) is 20.5. The van der Waals surface area contributed by atoms with Gasteiger partial charge in [0.15, 0.2) is 5.78 Å². The van der Waals surface area contributed by atoms with Gasteiger partial charge in [0.05, 0.1) is 18.2 Å². The molecular weight excluding hydrogens is 534 g/mol. The summed E-state index contributed by atoms with van der Waals surface area (Å²) in [5.74, 6) is -1.11. The van der Waals surface area contributed by atoms with Gasteiger partial charge in [-0.15, -0.1) is 13.2 Å². The van der Waals surface area contributed by atoms with Crippen molar-refractivity contribution in [2.75, 3.05) is 11.9 Å². The first-order valence-electron chi connectivity index (χ1n) is 11.3. The number of halogens is 4. The molecule has 0 spiro atoms. The molecule has 0 amide bonds. The van der Waals surface area contributed by atoms with Crippen molar-refractivity contribution in [2.24, 2.45) is 11.1 Å². The Morgan fingerprint density at radius 2 is 2.03 bits per heavy atom. The van der Waals surface area contributed by atoms with Crippen molar-refractivity contribution >= 4 is 21.9 Å². The van der Waals surface area contributed by atoms with E-state index < -0.39 is 40.6 Å². The monoisotopic (exact) mass is 557 g/mol. The molecule has 1 aliphatic rings. The van der Waals surface area contributed by atoms with Gasteiger partial charge in [0.2, 0.25) is 0 Å². The highest BCUT2D eigenvalue weighted by Crippen LogP contribution is 2.32. The fraction of sp³-hybridized carbons (Fsp3) is 0.348. The molecule has 38 heavy (non-hydrogen) atoms. The Balaban J connectivity index is 1.44. The van der Waals surface area contributed by atoms with E-state index in [1.807, 2.05) is 0 Å². The summed E-state index contributed by atoms with van der Waals surface area (Å²) in [6, 6.07) is 6.27. The molecule has 204 valence electrons. The molecule has 2 aromatic heterocycles. The fourth-order valence-corrected chi connectivity index (χ4v) is 4.61. The summed E-state index contributed by atoms with van der Waals surface area (Å²) in [7, 11) is -4.14. The van der Waals surface area contributed by atoms with Crippen LogP contribution in [0.4, 0.5) is 23.4 Å². The van der Waals surface area contributed by atoms with Gasteiger partial charge in [0, 0.05) is 30.7 Å². The first-order valence-corrected chi connectivity index (χ1v) is 12.8. The number of nitrogens with one attached hydrogen (secondary N) is 1. The van der Waals surface area contributed by atoms with E-state index in [9.17, 15) is 30.8 Å². The second-order valence-electron chi connectivity index (χ2n) is 8.76. The standard InChI is InChI=1S/C23H23F4N5O5S/c24-19-7-15(12-36-38(28,34)35)8-20(19)31-22-18(9-29-13-30-22)21(33)16-4-5-32(11-16)10-14-2-1-3-17(6-14)37-23(25,26)27/h1-6,9,11,13,15,19-20H,7-8,10,12H2,(H2,28,34,35)(H,29,30,31)/t15-,19+,20-/m1/s1. The third-order valence-electron chi connectivity index (χ3n) is 5.84. The SMILES string of the molecule is NS(=O)(=O)OC[C@@H]1C[C@H](F)[C@H](Nc2ncncc2C(=O)c2ccn(Cc3cccc(OC(F)(F)F)c3)c2)C1. The Morgan fingerprint density at radius 1 is 1.24 bits per heavy atom. The third-order valence-corrected chi connectivity index (χ3v) is 6.30. The Hall–Kier alpha value is -3.56. The van der Waals surface area contributed by atoms with Gasteiger partial charge in [-0.25, -0.2) is 19.5 Å². The lowest BCUT2D eigenvalue weighted by atomic mass is 10.1. The zero-order valence-electron chi connectivity index (χ0n) is 19.6. The van der Waals surface area contributed by atoms with Crippen molar-refractivity contribution in [3.63, 3.8) is 0 Å². The first-order chi connectivity index (χ1) is 17.9. The van der Waals surface area contributed by atoms with Crippen LogP contribution in [0.15, 0.2) is 55.2 Å². The highest BCUT2D eigenvalue weighted by atomic mass is 32.2. The summed E-state index contributed by atoms with van der Waals surface area (Å²) >= 11 is 0. The fourth-order valence-electron chi connectivity index (χ4n) is 4.23. The smallest absolute Gasteiger partial charge is 0.406 e. The Kier molecular flexibility index (Phi) is 7.99.